The molecule has 12 nitrogen and oxygen atoms in total. The Hall–Kier alpha value is -6.94. The van der Waals surface area contributed by atoms with Crippen LogP contribution >= 0.6 is 0 Å². The fraction of sp³-hybridized carbons (Fsp3) is 0.0667. The molecule has 2 atom stereocenters. The second kappa shape index (κ2) is 13.2. The predicted molar refractivity (Wildman–Crippen MR) is 155 cm³/mol. The zero-order valence-electron chi connectivity index (χ0n) is 21.7. The summed E-state index contributed by atoms with van der Waals surface area (Å²) >= 11 is 0. The van der Waals surface area contributed by atoms with Crippen LogP contribution in [0.4, 0.5) is 0 Å². The predicted octanol–water partition coefficient (Wildman–Crippen LogP) is 3.06. The highest BCUT2D eigenvalue weighted by Crippen LogP contribution is 2.36. The lowest BCUT2D eigenvalue weighted by Gasteiger charge is -2.37. The molecule has 3 aliphatic rings. The third kappa shape index (κ3) is 5.72. The zero-order valence-corrected chi connectivity index (χ0v) is 21.7. The van der Waals surface area contributed by atoms with E-state index >= 15 is 0 Å². The van der Waals surface area contributed by atoms with Gasteiger partial charge in [0.1, 0.15) is 23.1 Å². The van der Waals surface area contributed by atoms with Crippen molar-refractivity contribution in [1.82, 2.24) is 20.6 Å². The first-order chi connectivity index (χ1) is 20.6. The lowest BCUT2D eigenvalue weighted by atomic mass is 9.89. The minimum absolute atomic E-state index is 0.307. The second-order valence-electron chi connectivity index (χ2n) is 8.35. The van der Waals surface area contributed by atoms with Crippen molar-refractivity contribution in [3.63, 3.8) is 0 Å². The number of fused-ring (bicyclic) bond motifs is 5. The normalized spacial score (nSPS) is 19.3. The molecule has 12 heteroatoms. The van der Waals surface area contributed by atoms with Crippen molar-refractivity contribution in [3.8, 4) is 30.3 Å². The monoisotopic (exact) mass is 546 g/mol. The van der Waals surface area contributed by atoms with E-state index in [1.807, 2.05) is 30.3 Å². The lowest BCUT2D eigenvalue weighted by molar-refractivity contribution is 0.670. The Bertz CT molecular complexity index is 1860. The summed E-state index contributed by atoms with van der Waals surface area (Å²) < 4.78 is 0. The fourth-order valence-electron chi connectivity index (χ4n) is 4.27. The van der Waals surface area contributed by atoms with Gasteiger partial charge in [0.2, 0.25) is 0 Å². The average molecular weight is 547 g/mol. The van der Waals surface area contributed by atoms with Gasteiger partial charge in [-0.05, 0) is 42.5 Å². The summed E-state index contributed by atoms with van der Waals surface area (Å²) in [5.41, 5.74) is 4.02. The Balaban J connectivity index is 2.08. The number of nitriles is 5. The van der Waals surface area contributed by atoms with E-state index in [1.165, 1.54) is 60.8 Å². The molecule has 1 aromatic rings. The molecule has 4 rings (SSSR count). The van der Waals surface area contributed by atoms with Crippen molar-refractivity contribution < 1.29 is 0 Å². The van der Waals surface area contributed by atoms with Crippen LogP contribution in [0.25, 0.3) is 17.8 Å². The van der Waals surface area contributed by atoms with Crippen LogP contribution in [0.2, 0.25) is 0 Å². The van der Waals surface area contributed by atoms with Gasteiger partial charge in [-0.2, -0.15) is 26.3 Å². The Kier molecular flexibility index (Phi) is 8.84. The molecule has 0 fully saturated rings. The van der Waals surface area contributed by atoms with E-state index in [1.54, 1.807) is 12.2 Å². The van der Waals surface area contributed by atoms with E-state index in [4.69, 9.17) is 51.7 Å². The first-order valence-electron chi connectivity index (χ1n) is 12.2. The van der Waals surface area contributed by atoms with Crippen LogP contribution in [-0.2, 0) is 0 Å². The van der Waals surface area contributed by atoms with E-state index in [0.717, 1.165) is 6.21 Å². The number of hydrogen-bond donors (Lipinski definition) is 3. The molecule has 0 saturated carbocycles. The number of nitrogens with zero attached hydrogens (tertiary/aromatic N) is 9. The smallest absolute Gasteiger partial charge is 0.119 e. The van der Waals surface area contributed by atoms with Crippen molar-refractivity contribution in [2.45, 2.75) is 12.1 Å². The molecule has 1 aromatic heterocycles. The molecule has 198 valence electrons. The molecule has 0 aromatic carbocycles. The van der Waals surface area contributed by atoms with Gasteiger partial charge in [-0.25, -0.2) is 20.0 Å². The number of allylic oxidation sites excluding steroid dienone is 8. The van der Waals surface area contributed by atoms with Crippen LogP contribution in [0.5, 0.6) is 0 Å². The summed E-state index contributed by atoms with van der Waals surface area (Å²) in [7, 11) is 0. The maximum Gasteiger partial charge on any atom is 0.119 e. The van der Waals surface area contributed by atoms with Crippen molar-refractivity contribution >= 4 is 35.5 Å². The Morgan fingerprint density at radius 1 is 0.690 bits per heavy atom. The zero-order chi connectivity index (χ0) is 29.9. The van der Waals surface area contributed by atoms with Crippen LogP contribution < -0.4 is 10.6 Å². The van der Waals surface area contributed by atoms with Crippen molar-refractivity contribution in [2.24, 2.45) is 9.98 Å². The molecular formula is C30H18N12. The number of aromatic nitrogens is 2. The van der Waals surface area contributed by atoms with Gasteiger partial charge >= 0.3 is 0 Å². The molecule has 0 bridgehead atoms. The van der Waals surface area contributed by atoms with Gasteiger partial charge in [0.25, 0.3) is 0 Å². The summed E-state index contributed by atoms with van der Waals surface area (Å²) in [4.78, 5) is 19.2. The summed E-state index contributed by atoms with van der Waals surface area (Å²) in [6.45, 7) is 0. The van der Waals surface area contributed by atoms with Crippen molar-refractivity contribution in [3.05, 3.63) is 101 Å². The first-order valence-corrected chi connectivity index (χ1v) is 12.2. The molecule has 0 saturated heterocycles. The van der Waals surface area contributed by atoms with E-state index in [0.29, 0.717) is 57.0 Å². The van der Waals surface area contributed by atoms with Gasteiger partial charge < -0.3 is 16.0 Å². The topological polar surface area (TPSA) is 217 Å². The average Bonchev–Trinajstić information content (AvgIpc) is 3.01. The Morgan fingerprint density at radius 3 is 1.95 bits per heavy atom. The highest BCUT2D eigenvalue weighted by atomic mass is 15.1. The molecule has 1 aliphatic carbocycles. The van der Waals surface area contributed by atoms with E-state index < -0.39 is 12.1 Å². The number of hydrogen-bond acceptors (Lipinski definition) is 12. The van der Waals surface area contributed by atoms with Crippen molar-refractivity contribution in [1.29, 1.82) is 31.7 Å². The van der Waals surface area contributed by atoms with Gasteiger partial charge in [-0.15, -0.1) is 0 Å². The highest BCUT2D eigenvalue weighted by Gasteiger charge is 2.41. The third-order valence-corrected chi connectivity index (χ3v) is 5.92. The molecule has 42 heavy (non-hydrogen) atoms. The summed E-state index contributed by atoms with van der Waals surface area (Å²) in [6.07, 6.45) is 18.2. The van der Waals surface area contributed by atoms with E-state index in [9.17, 15) is 0 Å². The molecule has 0 spiro atoms. The lowest BCUT2D eigenvalue weighted by Crippen LogP contribution is -2.52. The highest BCUT2D eigenvalue weighted by molar-refractivity contribution is 6.15. The van der Waals surface area contributed by atoms with Crippen LogP contribution in [0.3, 0.4) is 0 Å². The maximum absolute atomic E-state index is 9.16. The Labute approximate surface area is 240 Å². The molecule has 0 amide bonds. The molecule has 3 N–H and O–H groups in total. The molecule has 0 radical (unpaired) electrons. The largest absolute Gasteiger partial charge is 0.373 e. The maximum atomic E-state index is 9.16. The van der Waals surface area contributed by atoms with Gasteiger partial charge in [0.05, 0.1) is 76.3 Å². The van der Waals surface area contributed by atoms with E-state index in [-0.39, 0.29) is 0 Å². The standard InChI is InChI=1S/C30H18N12/c31-13-1-7-19-20(8-2-14-32)38-26-25(37-19)27-29(41-22(10-4-16-34)21(39-27)9-3-15-33)30-28(26)40-23(11-5-17-35)24(42-30)12-6-18-36/h1-13,21,25,31,37,39H/b7-1+,8-2+,9-3+,10-4+,11-5+,12-6+,31-13?. The van der Waals surface area contributed by atoms with E-state index in [2.05, 4.69) is 10.6 Å². The molecule has 2 unspecified atom stereocenters. The second-order valence-corrected chi connectivity index (χ2v) is 8.35. The van der Waals surface area contributed by atoms with Crippen LogP contribution in [0, 0.1) is 62.1 Å². The van der Waals surface area contributed by atoms with Crippen LogP contribution in [0.15, 0.2) is 87.8 Å². The number of aliphatic imine (C=N–C) groups is 2. The van der Waals surface area contributed by atoms with Crippen molar-refractivity contribution in [2.75, 3.05) is 0 Å². The number of nitrogens with one attached hydrogen (secondary N) is 3. The summed E-state index contributed by atoms with van der Waals surface area (Å²) in [6, 6.07) is 8.48. The van der Waals surface area contributed by atoms with Crippen LogP contribution in [0.1, 0.15) is 22.8 Å². The first kappa shape index (κ1) is 28.1. The SMILES string of the molecule is N#C/C=C/C1=NC2=C(NC1/C=C/C#N)C1NC(/C=C/C=N)=C(/C=C/C#N)N=C1c1nc(/C=C/C#N)c(/C=C/C#N)nc12. The third-order valence-electron chi connectivity index (χ3n) is 5.92. The molecule has 3 heterocycles. The molecular weight excluding hydrogens is 528 g/mol. The molecule has 2 aliphatic heterocycles. The quantitative estimate of drug-likeness (QED) is 0.337. The fourth-order valence-corrected chi connectivity index (χ4v) is 4.27. The minimum Gasteiger partial charge on any atom is -0.373 e. The van der Waals surface area contributed by atoms with Gasteiger partial charge in [0, 0.05) is 36.6 Å². The van der Waals surface area contributed by atoms with Gasteiger partial charge in [-0.1, -0.05) is 0 Å². The number of rotatable bonds is 7. The van der Waals surface area contributed by atoms with Gasteiger partial charge in [-0.3, -0.25) is 0 Å². The van der Waals surface area contributed by atoms with Crippen LogP contribution in [-0.4, -0.2) is 39.7 Å². The summed E-state index contributed by atoms with van der Waals surface area (Å²) in [5.74, 6) is 0. The van der Waals surface area contributed by atoms with Gasteiger partial charge in [0.15, 0.2) is 0 Å². The minimum atomic E-state index is -0.650. The Morgan fingerprint density at radius 2 is 1.31 bits per heavy atom. The summed E-state index contributed by atoms with van der Waals surface area (Å²) in [5, 5.41) is 59.9.